The Morgan fingerprint density at radius 3 is 2.75 bits per heavy atom. The van der Waals surface area contributed by atoms with Gasteiger partial charge >= 0.3 is 0 Å². The molecule has 1 aliphatic heterocycles. The molecule has 20 heavy (non-hydrogen) atoms. The van der Waals surface area contributed by atoms with Crippen molar-refractivity contribution in [2.24, 2.45) is 5.73 Å². The molecular weight excluding hydrogens is 277 g/mol. The SMILES string of the molecule is CCN1CCN(C(CN)c2c(F)cccc2Cl)C(C)C1. The summed E-state index contributed by atoms with van der Waals surface area (Å²) in [7, 11) is 0. The van der Waals surface area contributed by atoms with E-state index in [1.807, 2.05) is 0 Å². The van der Waals surface area contributed by atoms with Crippen molar-refractivity contribution in [3.63, 3.8) is 0 Å². The molecule has 0 aromatic heterocycles. The Balaban J connectivity index is 2.24. The van der Waals surface area contributed by atoms with Gasteiger partial charge in [-0.1, -0.05) is 24.6 Å². The van der Waals surface area contributed by atoms with Gasteiger partial charge in [0.15, 0.2) is 0 Å². The van der Waals surface area contributed by atoms with Crippen molar-refractivity contribution in [3.05, 3.63) is 34.6 Å². The molecule has 0 radical (unpaired) electrons. The van der Waals surface area contributed by atoms with Crippen LogP contribution in [0.1, 0.15) is 25.5 Å². The number of likely N-dealkylation sites (N-methyl/N-ethyl adjacent to an activating group) is 1. The smallest absolute Gasteiger partial charge is 0.129 e. The van der Waals surface area contributed by atoms with Crippen molar-refractivity contribution in [2.75, 3.05) is 32.7 Å². The molecule has 1 aromatic rings. The Bertz CT molecular complexity index is 434. The normalized spacial score (nSPS) is 22.9. The molecule has 2 N–H and O–H groups in total. The fourth-order valence-electron chi connectivity index (χ4n) is 3.05. The topological polar surface area (TPSA) is 32.5 Å². The minimum Gasteiger partial charge on any atom is -0.329 e. The second-order valence-electron chi connectivity index (χ2n) is 5.37. The summed E-state index contributed by atoms with van der Waals surface area (Å²) in [5.41, 5.74) is 6.46. The summed E-state index contributed by atoms with van der Waals surface area (Å²) in [5, 5.41) is 0.463. The van der Waals surface area contributed by atoms with E-state index < -0.39 is 0 Å². The van der Waals surface area contributed by atoms with Crippen molar-refractivity contribution in [3.8, 4) is 0 Å². The van der Waals surface area contributed by atoms with E-state index in [0.717, 1.165) is 26.2 Å². The van der Waals surface area contributed by atoms with E-state index in [-0.39, 0.29) is 11.9 Å². The van der Waals surface area contributed by atoms with Crippen LogP contribution in [-0.4, -0.2) is 48.6 Å². The van der Waals surface area contributed by atoms with Gasteiger partial charge in [-0.3, -0.25) is 4.90 Å². The van der Waals surface area contributed by atoms with Crippen LogP contribution in [0.4, 0.5) is 4.39 Å². The van der Waals surface area contributed by atoms with Crippen molar-refractivity contribution in [1.29, 1.82) is 0 Å². The van der Waals surface area contributed by atoms with E-state index in [0.29, 0.717) is 23.2 Å². The van der Waals surface area contributed by atoms with Gasteiger partial charge in [0, 0.05) is 42.8 Å². The minimum absolute atomic E-state index is 0.155. The number of rotatable bonds is 4. The molecule has 112 valence electrons. The Hall–Kier alpha value is -0.680. The zero-order chi connectivity index (χ0) is 14.7. The van der Waals surface area contributed by atoms with Gasteiger partial charge in [0.25, 0.3) is 0 Å². The Kier molecular flexibility index (Phi) is 5.38. The third kappa shape index (κ3) is 3.14. The monoisotopic (exact) mass is 299 g/mol. The van der Waals surface area contributed by atoms with Gasteiger partial charge in [-0.25, -0.2) is 4.39 Å². The highest BCUT2D eigenvalue weighted by molar-refractivity contribution is 6.31. The minimum atomic E-state index is -0.266. The Labute approximate surface area is 125 Å². The van der Waals surface area contributed by atoms with Crippen LogP contribution in [0, 0.1) is 5.82 Å². The summed E-state index contributed by atoms with van der Waals surface area (Å²) < 4.78 is 14.1. The molecule has 0 amide bonds. The van der Waals surface area contributed by atoms with Crippen LogP contribution in [0.3, 0.4) is 0 Å². The zero-order valence-corrected chi connectivity index (χ0v) is 12.9. The van der Waals surface area contributed by atoms with Gasteiger partial charge in [0.2, 0.25) is 0 Å². The van der Waals surface area contributed by atoms with Gasteiger partial charge in [0.05, 0.1) is 6.04 Å². The van der Waals surface area contributed by atoms with E-state index in [4.69, 9.17) is 17.3 Å². The fourth-order valence-corrected chi connectivity index (χ4v) is 3.33. The van der Waals surface area contributed by atoms with Crippen LogP contribution in [0.25, 0.3) is 0 Å². The second kappa shape index (κ2) is 6.85. The highest BCUT2D eigenvalue weighted by Crippen LogP contribution is 2.31. The predicted molar refractivity (Wildman–Crippen MR) is 81.5 cm³/mol. The number of hydrogen-bond donors (Lipinski definition) is 1. The summed E-state index contributed by atoms with van der Waals surface area (Å²) >= 11 is 6.19. The molecule has 2 unspecified atom stereocenters. The third-order valence-corrected chi connectivity index (χ3v) is 4.50. The molecule has 1 aliphatic rings. The zero-order valence-electron chi connectivity index (χ0n) is 12.1. The summed E-state index contributed by atoms with van der Waals surface area (Å²) in [6.07, 6.45) is 0. The number of nitrogens with zero attached hydrogens (tertiary/aromatic N) is 2. The van der Waals surface area contributed by atoms with E-state index in [1.165, 1.54) is 6.07 Å². The van der Waals surface area contributed by atoms with E-state index in [2.05, 4.69) is 23.6 Å². The number of benzene rings is 1. The van der Waals surface area contributed by atoms with Crippen LogP contribution < -0.4 is 5.73 Å². The lowest BCUT2D eigenvalue weighted by Crippen LogP contribution is -2.54. The van der Waals surface area contributed by atoms with Gasteiger partial charge in [-0.05, 0) is 25.6 Å². The summed E-state index contributed by atoms with van der Waals surface area (Å²) in [4.78, 5) is 4.67. The molecular formula is C15H23ClFN3. The largest absolute Gasteiger partial charge is 0.329 e. The molecule has 1 fully saturated rings. The van der Waals surface area contributed by atoms with Crippen LogP contribution in [0.15, 0.2) is 18.2 Å². The molecule has 0 saturated carbocycles. The van der Waals surface area contributed by atoms with E-state index in [9.17, 15) is 4.39 Å². The van der Waals surface area contributed by atoms with E-state index in [1.54, 1.807) is 12.1 Å². The lowest BCUT2D eigenvalue weighted by Gasteiger charge is -2.43. The van der Waals surface area contributed by atoms with Crippen molar-refractivity contribution in [1.82, 2.24) is 9.80 Å². The Morgan fingerprint density at radius 1 is 1.45 bits per heavy atom. The number of nitrogens with two attached hydrogens (primary N) is 1. The van der Waals surface area contributed by atoms with E-state index >= 15 is 0 Å². The Morgan fingerprint density at radius 2 is 2.20 bits per heavy atom. The van der Waals surface area contributed by atoms with Crippen LogP contribution >= 0.6 is 11.6 Å². The summed E-state index contributed by atoms with van der Waals surface area (Å²) in [5.74, 6) is -0.266. The first-order valence-corrected chi connectivity index (χ1v) is 7.58. The lowest BCUT2D eigenvalue weighted by atomic mass is 10.0. The standard InChI is InChI=1S/C15H23ClFN3/c1-3-19-7-8-20(11(2)10-19)14(9-18)15-12(16)5-4-6-13(15)17/h4-6,11,14H,3,7-10,18H2,1-2H3. The summed E-state index contributed by atoms with van der Waals surface area (Å²) in [6.45, 7) is 8.61. The first kappa shape index (κ1) is 15.7. The molecule has 2 atom stereocenters. The molecule has 0 spiro atoms. The molecule has 1 aromatic carbocycles. The van der Waals surface area contributed by atoms with Crippen LogP contribution in [0.2, 0.25) is 5.02 Å². The lowest BCUT2D eigenvalue weighted by molar-refractivity contribution is 0.0524. The first-order chi connectivity index (χ1) is 9.58. The highest BCUT2D eigenvalue weighted by Gasteiger charge is 2.31. The molecule has 2 rings (SSSR count). The average Bonchev–Trinajstić information content (AvgIpc) is 2.43. The van der Waals surface area contributed by atoms with Crippen molar-refractivity contribution in [2.45, 2.75) is 25.9 Å². The average molecular weight is 300 g/mol. The maximum atomic E-state index is 14.1. The van der Waals surface area contributed by atoms with Gasteiger partial charge in [-0.2, -0.15) is 0 Å². The van der Waals surface area contributed by atoms with Crippen LogP contribution in [-0.2, 0) is 0 Å². The molecule has 3 nitrogen and oxygen atoms in total. The first-order valence-electron chi connectivity index (χ1n) is 7.20. The molecule has 0 aliphatic carbocycles. The number of halogens is 2. The maximum absolute atomic E-state index is 14.1. The second-order valence-corrected chi connectivity index (χ2v) is 5.77. The highest BCUT2D eigenvalue weighted by atomic mass is 35.5. The molecule has 5 heteroatoms. The number of piperazine rings is 1. The van der Waals surface area contributed by atoms with Gasteiger partial charge in [0.1, 0.15) is 5.82 Å². The fraction of sp³-hybridized carbons (Fsp3) is 0.600. The predicted octanol–water partition coefficient (Wildman–Crippen LogP) is 2.50. The van der Waals surface area contributed by atoms with Crippen molar-refractivity contribution < 1.29 is 4.39 Å². The molecule has 1 saturated heterocycles. The number of hydrogen-bond acceptors (Lipinski definition) is 3. The van der Waals surface area contributed by atoms with Gasteiger partial charge in [-0.15, -0.1) is 0 Å². The molecule has 0 bridgehead atoms. The summed E-state index contributed by atoms with van der Waals surface area (Å²) in [6, 6.07) is 5.00. The van der Waals surface area contributed by atoms with Crippen LogP contribution in [0.5, 0.6) is 0 Å². The molecule has 1 heterocycles. The maximum Gasteiger partial charge on any atom is 0.129 e. The van der Waals surface area contributed by atoms with Crippen molar-refractivity contribution >= 4 is 11.6 Å². The third-order valence-electron chi connectivity index (χ3n) is 4.17. The van der Waals surface area contributed by atoms with Gasteiger partial charge < -0.3 is 10.6 Å². The quantitative estimate of drug-likeness (QED) is 0.927.